The molecule has 0 N–H and O–H groups in total. The Labute approximate surface area is 175 Å². The van der Waals surface area contributed by atoms with Gasteiger partial charge >= 0.3 is 0 Å². The van der Waals surface area contributed by atoms with Crippen LogP contribution in [0.1, 0.15) is 28.8 Å². The second-order valence-corrected chi connectivity index (χ2v) is 9.05. The van der Waals surface area contributed by atoms with Gasteiger partial charge in [-0.25, -0.2) is 9.37 Å². The number of thioether (sulfide) groups is 1. The molecule has 29 heavy (non-hydrogen) atoms. The Morgan fingerprint density at radius 3 is 2.83 bits per heavy atom. The molecule has 0 unspecified atom stereocenters. The highest BCUT2D eigenvalue weighted by molar-refractivity contribution is 7.98. The standard InChI is InChI=1S/C22H18FN3OS2/c23-16-8-2-3-9-17(16)26-21(27)19-15-7-1-4-10-18(15)29-20(19)25-22(26)28-13-14-6-5-11-24-12-14/h2-3,5-6,8-9,11-12H,1,4,7,10,13H2. The van der Waals surface area contributed by atoms with Crippen LogP contribution in [0.2, 0.25) is 0 Å². The number of para-hydroxylation sites is 1. The van der Waals surface area contributed by atoms with Crippen LogP contribution in [0.25, 0.3) is 15.9 Å². The van der Waals surface area contributed by atoms with Gasteiger partial charge in [0.2, 0.25) is 0 Å². The van der Waals surface area contributed by atoms with Gasteiger partial charge in [-0.1, -0.05) is 30.0 Å². The van der Waals surface area contributed by atoms with Crippen LogP contribution in [-0.4, -0.2) is 14.5 Å². The Bertz CT molecular complexity index is 1250. The molecule has 4 aromatic rings. The fraction of sp³-hybridized carbons (Fsp3) is 0.227. The summed E-state index contributed by atoms with van der Waals surface area (Å²) in [5, 5.41) is 1.17. The molecule has 0 saturated heterocycles. The van der Waals surface area contributed by atoms with Crippen LogP contribution in [0.5, 0.6) is 0 Å². The van der Waals surface area contributed by atoms with Gasteiger partial charge in [-0.2, -0.15) is 0 Å². The highest BCUT2D eigenvalue weighted by atomic mass is 32.2. The van der Waals surface area contributed by atoms with Crippen molar-refractivity contribution in [2.75, 3.05) is 0 Å². The van der Waals surface area contributed by atoms with Crippen molar-refractivity contribution in [1.29, 1.82) is 0 Å². The molecule has 0 spiro atoms. The highest BCUT2D eigenvalue weighted by Crippen LogP contribution is 2.35. The summed E-state index contributed by atoms with van der Waals surface area (Å²) in [5.41, 5.74) is 2.21. The molecule has 1 aromatic carbocycles. The topological polar surface area (TPSA) is 47.8 Å². The summed E-state index contributed by atoms with van der Waals surface area (Å²) in [6, 6.07) is 10.2. The number of benzene rings is 1. The monoisotopic (exact) mass is 423 g/mol. The summed E-state index contributed by atoms with van der Waals surface area (Å²) in [7, 11) is 0. The molecule has 0 atom stereocenters. The van der Waals surface area contributed by atoms with E-state index in [-0.39, 0.29) is 11.2 Å². The zero-order valence-electron chi connectivity index (χ0n) is 15.6. The first-order chi connectivity index (χ1) is 14.2. The number of thiophene rings is 1. The molecule has 0 saturated carbocycles. The third-order valence-electron chi connectivity index (χ3n) is 5.14. The predicted molar refractivity (Wildman–Crippen MR) is 116 cm³/mol. The second-order valence-electron chi connectivity index (χ2n) is 7.03. The normalized spacial score (nSPS) is 13.6. The number of hydrogen-bond acceptors (Lipinski definition) is 5. The minimum absolute atomic E-state index is 0.173. The van der Waals surface area contributed by atoms with Crippen molar-refractivity contribution in [3.63, 3.8) is 0 Å². The van der Waals surface area contributed by atoms with Crippen LogP contribution in [-0.2, 0) is 18.6 Å². The molecule has 3 aromatic heterocycles. The summed E-state index contributed by atoms with van der Waals surface area (Å²) < 4.78 is 16.1. The lowest BCUT2D eigenvalue weighted by Gasteiger charge is -2.14. The van der Waals surface area contributed by atoms with Gasteiger partial charge in [0.1, 0.15) is 10.6 Å². The minimum atomic E-state index is -0.428. The highest BCUT2D eigenvalue weighted by Gasteiger charge is 2.23. The molecule has 5 rings (SSSR count). The molecule has 0 fully saturated rings. The van der Waals surface area contributed by atoms with Crippen molar-refractivity contribution in [2.24, 2.45) is 0 Å². The average molecular weight is 424 g/mol. The quantitative estimate of drug-likeness (QED) is 0.336. The van der Waals surface area contributed by atoms with Crippen molar-refractivity contribution in [1.82, 2.24) is 14.5 Å². The van der Waals surface area contributed by atoms with Crippen molar-refractivity contribution >= 4 is 33.3 Å². The van der Waals surface area contributed by atoms with E-state index in [1.54, 1.807) is 41.9 Å². The fourth-order valence-corrected chi connectivity index (χ4v) is 6.00. The van der Waals surface area contributed by atoms with Crippen molar-refractivity contribution in [3.8, 4) is 5.69 Å². The number of hydrogen-bond donors (Lipinski definition) is 0. The van der Waals surface area contributed by atoms with Crippen LogP contribution in [0.3, 0.4) is 0 Å². The summed E-state index contributed by atoms with van der Waals surface area (Å²) in [5.74, 6) is 0.175. The molecule has 0 radical (unpaired) electrons. The van der Waals surface area contributed by atoms with Crippen LogP contribution >= 0.6 is 23.1 Å². The van der Waals surface area contributed by atoms with E-state index in [1.165, 1.54) is 27.3 Å². The molecule has 7 heteroatoms. The Hall–Kier alpha value is -2.51. The van der Waals surface area contributed by atoms with E-state index in [9.17, 15) is 9.18 Å². The van der Waals surface area contributed by atoms with E-state index in [4.69, 9.17) is 4.98 Å². The van der Waals surface area contributed by atoms with Crippen molar-refractivity contribution in [2.45, 2.75) is 36.6 Å². The Balaban J connectivity index is 1.70. The first kappa shape index (κ1) is 18.5. The van der Waals surface area contributed by atoms with Crippen LogP contribution in [0.15, 0.2) is 58.7 Å². The van der Waals surface area contributed by atoms with E-state index < -0.39 is 5.82 Å². The van der Waals surface area contributed by atoms with Crippen molar-refractivity contribution < 1.29 is 4.39 Å². The Morgan fingerprint density at radius 1 is 1.14 bits per heavy atom. The van der Waals surface area contributed by atoms with Crippen LogP contribution in [0.4, 0.5) is 4.39 Å². The number of nitrogens with zero attached hydrogens (tertiary/aromatic N) is 3. The lowest BCUT2D eigenvalue weighted by Crippen LogP contribution is -2.23. The molecule has 146 valence electrons. The number of rotatable bonds is 4. The number of pyridine rings is 1. The SMILES string of the molecule is O=c1c2c3c(sc2nc(SCc2cccnc2)n1-c1ccccc1F)CCCC3. The summed E-state index contributed by atoms with van der Waals surface area (Å²) >= 11 is 3.04. The smallest absolute Gasteiger partial charge is 0.267 e. The van der Waals surface area contributed by atoms with E-state index in [2.05, 4.69) is 4.98 Å². The van der Waals surface area contributed by atoms with Crippen molar-refractivity contribution in [3.05, 3.63) is 81.0 Å². The maximum Gasteiger partial charge on any atom is 0.267 e. The number of aryl methyl sites for hydroxylation is 2. The molecular weight excluding hydrogens is 405 g/mol. The summed E-state index contributed by atoms with van der Waals surface area (Å²) in [6.07, 6.45) is 7.63. The van der Waals surface area contributed by atoms with Gasteiger partial charge in [-0.3, -0.25) is 14.3 Å². The first-order valence-electron chi connectivity index (χ1n) is 9.56. The maximum absolute atomic E-state index is 14.7. The second kappa shape index (κ2) is 7.72. The van der Waals surface area contributed by atoms with Gasteiger partial charge in [0, 0.05) is 23.0 Å². The van der Waals surface area contributed by atoms with Crippen LogP contribution in [0, 0.1) is 5.82 Å². The van der Waals surface area contributed by atoms with Gasteiger partial charge in [0.15, 0.2) is 5.16 Å². The van der Waals surface area contributed by atoms with E-state index in [1.807, 2.05) is 12.1 Å². The van der Waals surface area contributed by atoms with Gasteiger partial charge in [-0.15, -0.1) is 11.3 Å². The number of halogens is 1. The molecule has 0 amide bonds. The summed E-state index contributed by atoms with van der Waals surface area (Å²) in [4.78, 5) is 24.6. The third-order valence-corrected chi connectivity index (χ3v) is 7.34. The van der Waals surface area contributed by atoms with E-state index in [0.717, 1.165) is 41.6 Å². The van der Waals surface area contributed by atoms with Gasteiger partial charge < -0.3 is 0 Å². The number of fused-ring (bicyclic) bond motifs is 3. The minimum Gasteiger partial charge on any atom is -0.268 e. The Kier molecular flexibility index (Phi) is 4.93. The van der Waals surface area contributed by atoms with Gasteiger partial charge in [0.05, 0.1) is 11.1 Å². The predicted octanol–water partition coefficient (Wildman–Crippen LogP) is 5.15. The largest absolute Gasteiger partial charge is 0.268 e. The fourth-order valence-electron chi connectivity index (χ4n) is 3.76. The van der Waals surface area contributed by atoms with E-state index in [0.29, 0.717) is 16.3 Å². The molecule has 4 nitrogen and oxygen atoms in total. The maximum atomic E-state index is 14.7. The Morgan fingerprint density at radius 2 is 2.00 bits per heavy atom. The zero-order valence-corrected chi connectivity index (χ0v) is 17.2. The average Bonchev–Trinajstić information content (AvgIpc) is 3.12. The molecule has 1 aliphatic carbocycles. The van der Waals surface area contributed by atoms with E-state index >= 15 is 0 Å². The number of aromatic nitrogens is 3. The molecule has 1 aliphatic rings. The first-order valence-corrected chi connectivity index (χ1v) is 11.4. The molecule has 3 heterocycles. The zero-order chi connectivity index (χ0) is 19.8. The van der Waals surface area contributed by atoms with Crippen LogP contribution < -0.4 is 5.56 Å². The van der Waals surface area contributed by atoms with Gasteiger partial charge in [-0.05, 0) is 55.0 Å². The lowest BCUT2D eigenvalue weighted by atomic mass is 9.97. The van der Waals surface area contributed by atoms with Gasteiger partial charge in [0.25, 0.3) is 5.56 Å². The molecular formula is C22H18FN3OS2. The molecule has 0 bridgehead atoms. The summed E-state index contributed by atoms with van der Waals surface area (Å²) in [6.45, 7) is 0. The molecule has 0 aliphatic heterocycles. The lowest BCUT2D eigenvalue weighted by molar-refractivity contribution is 0.608. The third kappa shape index (κ3) is 3.38.